The van der Waals surface area contributed by atoms with Gasteiger partial charge < -0.3 is 14.8 Å². The minimum atomic E-state index is -0.435. The number of imide groups is 1. The van der Waals surface area contributed by atoms with Crippen molar-refractivity contribution in [3.05, 3.63) is 88.4 Å². The van der Waals surface area contributed by atoms with E-state index in [-0.39, 0.29) is 5.70 Å². The van der Waals surface area contributed by atoms with Crippen molar-refractivity contribution in [2.24, 2.45) is 0 Å². The molecule has 0 aromatic heterocycles. The lowest BCUT2D eigenvalue weighted by molar-refractivity contribution is -0.120. The van der Waals surface area contributed by atoms with E-state index in [4.69, 9.17) is 21.1 Å². The number of amides is 2. The van der Waals surface area contributed by atoms with Gasteiger partial charge in [0, 0.05) is 15.6 Å². The predicted octanol–water partition coefficient (Wildman–Crippen LogP) is 5.74. The number of methoxy groups -OCH3 is 1. The Bertz CT molecular complexity index is 1190. The Morgan fingerprint density at radius 1 is 0.879 bits per heavy atom. The third kappa shape index (κ3) is 4.99. The Morgan fingerprint density at radius 3 is 2.12 bits per heavy atom. The van der Waals surface area contributed by atoms with E-state index in [1.54, 1.807) is 67.8 Å². The summed E-state index contributed by atoms with van der Waals surface area (Å²) in [5.74, 6) is 0.518. The van der Waals surface area contributed by atoms with Crippen molar-refractivity contribution >= 4 is 46.6 Å². The minimum absolute atomic E-state index is 0.208. The number of nitrogens with one attached hydrogen (secondary N) is 1. The summed E-state index contributed by atoms with van der Waals surface area (Å²) in [6, 6.07) is 21.1. The van der Waals surface area contributed by atoms with E-state index < -0.39 is 11.8 Å². The van der Waals surface area contributed by atoms with E-state index in [1.165, 1.54) is 11.8 Å². The molecule has 2 amide bonds. The van der Waals surface area contributed by atoms with E-state index in [2.05, 4.69) is 5.32 Å². The first-order valence-corrected chi connectivity index (χ1v) is 11.4. The van der Waals surface area contributed by atoms with Crippen molar-refractivity contribution < 1.29 is 19.1 Å². The number of rotatable bonds is 8. The van der Waals surface area contributed by atoms with Crippen molar-refractivity contribution in [1.29, 1.82) is 0 Å². The average molecular weight is 481 g/mol. The highest BCUT2D eigenvalue weighted by molar-refractivity contribution is 8.04. The molecule has 0 atom stereocenters. The fourth-order valence-corrected chi connectivity index (χ4v) is 4.30. The van der Waals surface area contributed by atoms with Gasteiger partial charge in [0.05, 0.1) is 19.4 Å². The molecule has 0 radical (unpaired) electrons. The van der Waals surface area contributed by atoms with E-state index >= 15 is 0 Å². The van der Waals surface area contributed by atoms with E-state index in [1.807, 2.05) is 19.1 Å². The van der Waals surface area contributed by atoms with Crippen LogP contribution < -0.4 is 19.7 Å². The van der Waals surface area contributed by atoms with Crippen LogP contribution in [0.15, 0.2) is 88.3 Å². The van der Waals surface area contributed by atoms with E-state index in [9.17, 15) is 9.59 Å². The van der Waals surface area contributed by atoms with Gasteiger partial charge in [0.25, 0.3) is 11.8 Å². The number of ether oxygens (including phenoxy) is 2. The first kappa shape index (κ1) is 22.8. The summed E-state index contributed by atoms with van der Waals surface area (Å²) >= 11 is 7.21. The van der Waals surface area contributed by atoms with Crippen LogP contribution in [0, 0.1) is 0 Å². The van der Waals surface area contributed by atoms with Crippen LogP contribution in [-0.2, 0) is 9.59 Å². The number of nitrogens with zero attached hydrogens (tertiary/aromatic N) is 1. The Labute approximate surface area is 201 Å². The maximum Gasteiger partial charge on any atom is 0.283 e. The Balaban J connectivity index is 1.68. The number of thioether (sulfide) groups is 1. The highest BCUT2D eigenvalue weighted by atomic mass is 35.5. The summed E-state index contributed by atoms with van der Waals surface area (Å²) in [5.41, 5.74) is 1.34. The van der Waals surface area contributed by atoms with Crippen LogP contribution in [0.5, 0.6) is 11.5 Å². The molecule has 0 aliphatic carbocycles. The van der Waals surface area contributed by atoms with Gasteiger partial charge in [-0.25, -0.2) is 4.90 Å². The molecule has 1 N–H and O–H groups in total. The summed E-state index contributed by atoms with van der Waals surface area (Å²) in [6.07, 6.45) is 0. The van der Waals surface area contributed by atoms with Crippen LogP contribution in [0.3, 0.4) is 0 Å². The number of halogens is 1. The van der Waals surface area contributed by atoms with E-state index in [0.29, 0.717) is 33.7 Å². The molecule has 33 heavy (non-hydrogen) atoms. The van der Waals surface area contributed by atoms with Crippen molar-refractivity contribution in [1.82, 2.24) is 0 Å². The monoisotopic (exact) mass is 480 g/mol. The van der Waals surface area contributed by atoms with Crippen LogP contribution in [0.2, 0.25) is 5.02 Å². The molecule has 4 rings (SSSR count). The molecule has 1 aliphatic heterocycles. The zero-order valence-electron chi connectivity index (χ0n) is 18.0. The zero-order valence-corrected chi connectivity index (χ0v) is 19.6. The molecule has 6 nitrogen and oxygen atoms in total. The smallest absolute Gasteiger partial charge is 0.283 e. The highest BCUT2D eigenvalue weighted by Crippen LogP contribution is 2.38. The Hall–Kier alpha value is -3.42. The summed E-state index contributed by atoms with van der Waals surface area (Å²) in [7, 11) is 1.56. The van der Waals surface area contributed by atoms with Gasteiger partial charge in [-0.05, 0) is 79.7 Å². The van der Waals surface area contributed by atoms with Gasteiger partial charge in [0.2, 0.25) is 0 Å². The number of carbonyl (C=O) groups excluding carboxylic acids is 2. The molecular weight excluding hydrogens is 460 g/mol. The first-order chi connectivity index (χ1) is 16.0. The summed E-state index contributed by atoms with van der Waals surface area (Å²) in [6.45, 7) is 2.47. The van der Waals surface area contributed by atoms with Gasteiger partial charge in [-0.3, -0.25) is 9.59 Å². The van der Waals surface area contributed by atoms with Gasteiger partial charge in [-0.15, -0.1) is 0 Å². The predicted molar refractivity (Wildman–Crippen MR) is 131 cm³/mol. The minimum Gasteiger partial charge on any atom is -0.497 e. The number of carbonyl (C=O) groups is 2. The fourth-order valence-electron chi connectivity index (χ4n) is 3.25. The zero-order chi connectivity index (χ0) is 23.4. The number of anilines is 2. The molecule has 1 aliphatic rings. The van der Waals surface area contributed by atoms with Gasteiger partial charge >= 0.3 is 0 Å². The summed E-state index contributed by atoms with van der Waals surface area (Å²) < 4.78 is 10.7. The Kier molecular flexibility index (Phi) is 6.91. The molecule has 0 fully saturated rings. The second kappa shape index (κ2) is 10.0. The SMILES string of the molecule is CCOc1ccc(NC2=C(Sc3ccc(Cl)cc3)C(=O)N(c3ccc(OC)cc3)C2=O)cc1. The molecule has 0 saturated carbocycles. The molecule has 3 aromatic rings. The number of hydrogen-bond donors (Lipinski definition) is 1. The Morgan fingerprint density at radius 2 is 1.52 bits per heavy atom. The molecule has 0 saturated heterocycles. The second-order valence-corrected chi connectivity index (χ2v) is 8.51. The number of hydrogen-bond acceptors (Lipinski definition) is 6. The van der Waals surface area contributed by atoms with Gasteiger partial charge in [0.1, 0.15) is 22.1 Å². The van der Waals surface area contributed by atoms with Gasteiger partial charge in [-0.1, -0.05) is 23.4 Å². The molecule has 0 bridgehead atoms. The van der Waals surface area contributed by atoms with Crippen molar-refractivity contribution in [3.8, 4) is 11.5 Å². The van der Waals surface area contributed by atoms with Gasteiger partial charge in [-0.2, -0.15) is 0 Å². The highest BCUT2D eigenvalue weighted by Gasteiger charge is 2.40. The van der Waals surface area contributed by atoms with E-state index in [0.717, 1.165) is 15.5 Å². The maximum atomic E-state index is 13.4. The summed E-state index contributed by atoms with van der Waals surface area (Å²) in [4.78, 5) is 29.0. The van der Waals surface area contributed by atoms with Crippen LogP contribution in [0.25, 0.3) is 0 Å². The van der Waals surface area contributed by atoms with Gasteiger partial charge in [0.15, 0.2) is 0 Å². The lowest BCUT2D eigenvalue weighted by Crippen LogP contribution is -2.32. The largest absolute Gasteiger partial charge is 0.497 e. The molecule has 1 heterocycles. The lowest BCUT2D eigenvalue weighted by atomic mass is 10.2. The average Bonchev–Trinajstić information content (AvgIpc) is 3.06. The second-order valence-electron chi connectivity index (χ2n) is 6.99. The van der Waals surface area contributed by atoms with Crippen molar-refractivity contribution in [2.45, 2.75) is 11.8 Å². The third-order valence-electron chi connectivity index (χ3n) is 4.84. The molecular formula is C25H21ClN2O4S. The third-order valence-corrected chi connectivity index (χ3v) is 6.18. The molecule has 3 aromatic carbocycles. The molecule has 0 unspecified atom stereocenters. The molecule has 0 spiro atoms. The molecule has 168 valence electrons. The number of benzene rings is 3. The summed E-state index contributed by atoms with van der Waals surface area (Å²) in [5, 5.41) is 3.73. The van der Waals surface area contributed by atoms with Crippen molar-refractivity contribution in [2.75, 3.05) is 23.9 Å². The lowest BCUT2D eigenvalue weighted by Gasteiger charge is -2.15. The maximum absolute atomic E-state index is 13.4. The standard InChI is InChI=1S/C25H21ClN2O4S/c1-3-32-20-10-6-17(7-11-20)27-22-23(33-21-14-4-16(26)5-15-21)25(30)28(24(22)29)18-8-12-19(31-2)13-9-18/h4-15,27H,3H2,1-2H3. The fraction of sp³-hybridized carbons (Fsp3) is 0.120. The quantitative estimate of drug-likeness (QED) is 0.415. The topological polar surface area (TPSA) is 67.9 Å². The normalized spacial score (nSPS) is 13.5. The first-order valence-electron chi connectivity index (χ1n) is 10.2. The van der Waals surface area contributed by atoms with Crippen molar-refractivity contribution in [3.63, 3.8) is 0 Å². The molecule has 8 heteroatoms. The van der Waals surface area contributed by atoms with Crippen LogP contribution in [0.4, 0.5) is 11.4 Å². The van der Waals surface area contributed by atoms with Crippen LogP contribution >= 0.6 is 23.4 Å². The van der Waals surface area contributed by atoms with Crippen LogP contribution in [0.1, 0.15) is 6.92 Å². The van der Waals surface area contributed by atoms with Crippen LogP contribution in [-0.4, -0.2) is 25.5 Å².